The number of hydrogen-bond acceptors (Lipinski definition) is 4. The van der Waals surface area contributed by atoms with Gasteiger partial charge in [0, 0.05) is 24.7 Å². The first-order valence-corrected chi connectivity index (χ1v) is 12.9. The Balaban J connectivity index is 1.44. The van der Waals surface area contributed by atoms with Crippen LogP contribution < -0.4 is 14.4 Å². The zero-order valence-electron chi connectivity index (χ0n) is 19.0. The van der Waals surface area contributed by atoms with Crippen LogP contribution in [0.4, 0.5) is 5.69 Å². The van der Waals surface area contributed by atoms with Gasteiger partial charge in [-0.05, 0) is 67.1 Å². The van der Waals surface area contributed by atoms with Crippen LogP contribution >= 0.6 is 0 Å². The molecule has 1 saturated heterocycles. The van der Waals surface area contributed by atoms with Crippen molar-refractivity contribution >= 4 is 21.6 Å². The van der Waals surface area contributed by atoms with Crippen LogP contribution in [0.1, 0.15) is 63.0 Å². The number of ether oxygens (including phenoxy) is 1. The van der Waals surface area contributed by atoms with Crippen molar-refractivity contribution in [2.45, 2.75) is 75.8 Å². The first-order valence-electron chi connectivity index (χ1n) is 11.5. The highest BCUT2D eigenvalue weighted by Crippen LogP contribution is 2.30. The van der Waals surface area contributed by atoms with Crippen molar-refractivity contribution in [2.24, 2.45) is 0 Å². The van der Waals surface area contributed by atoms with Gasteiger partial charge in [-0.1, -0.05) is 38.8 Å². The highest BCUT2D eigenvalue weighted by Gasteiger charge is 2.35. The number of aryl methyl sites for hydroxylation is 1. The number of amides is 1. The van der Waals surface area contributed by atoms with Gasteiger partial charge in [0.25, 0.3) is 5.91 Å². The summed E-state index contributed by atoms with van der Waals surface area (Å²) in [6, 6.07) is 12.7. The quantitative estimate of drug-likeness (QED) is 0.664. The summed E-state index contributed by atoms with van der Waals surface area (Å²) in [4.78, 5) is 14.9. The molecule has 0 radical (unpaired) electrons. The summed E-state index contributed by atoms with van der Waals surface area (Å²) < 4.78 is 34.2. The Morgan fingerprint density at radius 3 is 2.38 bits per heavy atom. The number of sulfonamides is 1. The number of hydrogen-bond donors (Lipinski definition) is 1. The largest absolute Gasteiger partial charge is 0.480 e. The molecule has 2 fully saturated rings. The fourth-order valence-electron chi connectivity index (χ4n) is 4.41. The van der Waals surface area contributed by atoms with Gasteiger partial charge in [0.05, 0.1) is 4.90 Å². The van der Waals surface area contributed by atoms with Crippen LogP contribution in [-0.4, -0.2) is 33.0 Å². The second-order valence-electron chi connectivity index (χ2n) is 9.16. The first-order chi connectivity index (χ1) is 15.2. The van der Waals surface area contributed by atoms with Crippen molar-refractivity contribution in [3.63, 3.8) is 0 Å². The van der Waals surface area contributed by atoms with Crippen LogP contribution in [0.25, 0.3) is 0 Å². The van der Waals surface area contributed by atoms with Gasteiger partial charge in [0.2, 0.25) is 10.0 Å². The van der Waals surface area contributed by atoms with Crippen LogP contribution in [0.5, 0.6) is 5.75 Å². The van der Waals surface area contributed by atoms with E-state index < -0.39 is 16.1 Å². The minimum atomic E-state index is -3.54. The van der Waals surface area contributed by atoms with E-state index >= 15 is 0 Å². The van der Waals surface area contributed by atoms with Gasteiger partial charge in [0.15, 0.2) is 6.10 Å². The Morgan fingerprint density at radius 2 is 1.72 bits per heavy atom. The molecule has 1 aliphatic heterocycles. The summed E-state index contributed by atoms with van der Waals surface area (Å²) in [6.07, 6.45) is 3.96. The van der Waals surface area contributed by atoms with E-state index in [-0.39, 0.29) is 16.8 Å². The molecule has 7 heteroatoms. The van der Waals surface area contributed by atoms with Crippen LogP contribution in [0.2, 0.25) is 0 Å². The van der Waals surface area contributed by atoms with E-state index in [1.165, 1.54) is 5.56 Å². The zero-order chi connectivity index (χ0) is 22.9. The van der Waals surface area contributed by atoms with E-state index in [1.807, 2.05) is 19.1 Å². The fourth-order valence-corrected chi connectivity index (χ4v) is 5.72. The van der Waals surface area contributed by atoms with E-state index in [4.69, 9.17) is 4.74 Å². The molecule has 172 valence electrons. The lowest BCUT2D eigenvalue weighted by molar-refractivity contribution is -0.122. The maximum Gasteiger partial charge on any atom is 0.268 e. The predicted octanol–water partition coefficient (Wildman–Crippen LogP) is 4.52. The Bertz CT molecular complexity index is 1070. The van der Waals surface area contributed by atoms with Gasteiger partial charge in [-0.25, -0.2) is 13.1 Å². The minimum Gasteiger partial charge on any atom is -0.480 e. The second-order valence-corrected chi connectivity index (χ2v) is 10.9. The van der Waals surface area contributed by atoms with Gasteiger partial charge in [0.1, 0.15) is 5.75 Å². The Morgan fingerprint density at radius 1 is 1.03 bits per heavy atom. The number of benzene rings is 2. The van der Waals surface area contributed by atoms with E-state index in [2.05, 4.69) is 24.6 Å². The third kappa shape index (κ3) is 4.84. The first kappa shape index (κ1) is 22.8. The summed E-state index contributed by atoms with van der Waals surface area (Å²) >= 11 is 0. The van der Waals surface area contributed by atoms with Crippen LogP contribution in [0, 0.1) is 6.92 Å². The molecule has 2 aromatic rings. The lowest BCUT2D eigenvalue weighted by Crippen LogP contribution is -2.33. The average molecular weight is 457 g/mol. The Hall–Kier alpha value is -2.38. The molecular weight excluding hydrogens is 424 g/mol. The van der Waals surface area contributed by atoms with Crippen molar-refractivity contribution in [2.75, 3.05) is 11.4 Å². The van der Waals surface area contributed by atoms with Gasteiger partial charge < -0.3 is 9.64 Å². The van der Waals surface area contributed by atoms with Crippen molar-refractivity contribution in [3.05, 3.63) is 53.6 Å². The molecule has 2 aliphatic rings. The minimum absolute atomic E-state index is 0.0235. The summed E-state index contributed by atoms with van der Waals surface area (Å²) in [5.74, 6) is 1.03. The predicted molar refractivity (Wildman–Crippen MR) is 126 cm³/mol. The molecular formula is C25H32N2O4S. The lowest BCUT2D eigenvalue weighted by atomic mass is 10.0. The monoisotopic (exact) mass is 456 g/mol. The smallest absolute Gasteiger partial charge is 0.268 e. The topological polar surface area (TPSA) is 75.7 Å². The number of carbonyl (C=O) groups is 1. The summed E-state index contributed by atoms with van der Waals surface area (Å²) in [6.45, 7) is 6.78. The lowest BCUT2D eigenvalue weighted by Gasteiger charge is -2.19. The molecule has 1 amide bonds. The maximum atomic E-state index is 13.0. The van der Waals surface area contributed by atoms with E-state index in [1.54, 1.807) is 29.2 Å². The SMILES string of the molecule is Cc1ccc(C(C)C)cc1OC1CCN(c2ccc(S(=O)(=O)NC3CCCC3)cc2)C1=O. The van der Waals surface area contributed by atoms with E-state index in [0.29, 0.717) is 24.6 Å². The number of anilines is 1. The molecule has 0 aromatic heterocycles. The third-order valence-electron chi connectivity index (χ3n) is 6.44. The normalized spacial score (nSPS) is 19.8. The molecule has 1 N–H and O–H groups in total. The van der Waals surface area contributed by atoms with E-state index in [9.17, 15) is 13.2 Å². The molecule has 1 aliphatic carbocycles. The van der Waals surface area contributed by atoms with Crippen molar-refractivity contribution in [1.29, 1.82) is 0 Å². The molecule has 32 heavy (non-hydrogen) atoms. The fraction of sp³-hybridized carbons (Fsp3) is 0.480. The standard InChI is InChI=1S/C25H32N2O4S/c1-17(2)19-9-8-18(3)24(16-19)31-23-14-15-27(25(23)28)21-10-12-22(13-11-21)32(29,30)26-20-6-4-5-7-20/h8-13,16-17,20,23,26H,4-7,14-15H2,1-3H3. The molecule has 2 aromatic carbocycles. The zero-order valence-corrected chi connectivity index (χ0v) is 19.8. The Labute approximate surface area is 191 Å². The van der Waals surface area contributed by atoms with Crippen molar-refractivity contribution in [1.82, 2.24) is 4.72 Å². The van der Waals surface area contributed by atoms with Crippen LogP contribution in [0.3, 0.4) is 0 Å². The number of nitrogens with one attached hydrogen (secondary N) is 1. The van der Waals surface area contributed by atoms with Gasteiger partial charge in [-0.3, -0.25) is 4.79 Å². The molecule has 1 saturated carbocycles. The molecule has 1 unspecified atom stereocenters. The van der Waals surface area contributed by atoms with Gasteiger partial charge >= 0.3 is 0 Å². The third-order valence-corrected chi connectivity index (χ3v) is 7.98. The van der Waals surface area contributed by atoms with Crippen molar-refractivity contribution in [3.8, 4) is 5.75 Å². The summed E-state index contributed by atoms with van der Waals surface area (Å²) in [7, 11) is -3.54. The summed E-state index contributed by atoms with van der Waals surface area (Å²) in [5, 5.41) is 0. The van der Waals surface area contributed by atoms with E-state index in [0.717, 1.165) is 37.0 Å². The highest BCUT2D eigenvalue weighted by atomic mass is 32.2. The molecule has 4 rings (SSSR count). The molecule has 0 bridgehead atoms. The molecule has 0 spiro atoms. The van der Waals surface area contributed by atoms with Gasteiger partial charge in [-0.2, -0.15) is 0 Å². The number of carbonyl (C=O) groups excluding carboxylic acids is 1. The second kappa shape index (κ2) is 9.24. The average Bonchev–Trinajstić information content (AvgIpc) is 3.39. The highest BCUT2D eigenvalue weighted by molar-refractivity contribution is 7.89. The molecule has 6 nitrogen and oxygen atoms in total. The van der Waals surface area contributed by atoms with Gasteiger partial charge in [-0.15, -0.1) is 0 Å². The molecule has 1 atom stereocenters. The maximum absolute atomic E-state index is 13.0. The Kier molecular flexibility index (Phi) is 6.58. The number of nitrogens with zero attached hydrogens (tertiary/aromatic N) is 1. The van der Waals surface area contributed by atoms with Crippen LogP contribution in [0.15, 0.2) is 47.4 Å². The van der Waals surface area contributed by atoms with Crippen LogP contribution in [-0.2, 0) is 14.8 Å². The number of rotatable bonds is 7. The summed E-state index contributed by atoms with van der Waals surface area (Å²) in [5.41, 5.74) is 2.87. The molecule has 1 heterocycles. The van der Waals surface area contributed by atoms with Crippen molar-refractivity contribution < 1.29 is 17.9 Å².